The monoisotopic (exact) mass is 175 g/mol. The number of halogens is 1. The number of hydrogen-bond donors (Lipinski definition) is 0. The molecule has 0 spiro atoms. The van der Waals surface area contributed by atoms with Crippen molar-refractivity contribution in [3.05, 3.63) is 42.3 Å². The van der Waals surface area contributed by atoms with Crippen molar-refractivity contribution in [2.24, 2.45) is 7.05 Å². The summed E-state index contributed by atoms with van der Waals surface area (Å²) in [6.07, 6.45) is 1.64. The lowest BCUT2D eigenvalue weighted by atomic mass is 10.1. The molecule has 0 fully saturated rings. The largest absolute Gasteiger partial charge is 0.268 e. The van der Waals surface area contributed by atoms with Crippen molar-refractivity contribution >= 4 is 0 Å². The zero-order chi connectivity index (χ0) is 9.26. The molecule has 0 aliphatic rings. The van der Waals surface area contributed by atoms with E-state index in [4.69, 9.17) is 0 Å². The lowest BCUT2D eigenvalue weighted by Gasteiger charge is -2.02. The molecule has 0 saturated carbocycles. The third-order valence-electron chi connectivity index (χ3n) is 1.91. The highest BCUT2D eigenvalue weighted by molar-refractivity contribution is 5.59. The number of aryl methyl sites for hydroxylation is 1. The van der Waals surface area contributed by atoms with E-state index in [9.17, 15) is 4.39 Å². The fourth-order valence-electron chi connectivity index (χ4n) is 1.26. The number of benzene rings is 1. The van der Waals surface area contributed by atoms with E-state index >= 15 is 0 Å². The molecule has 0 atom stereocenters. The second kappa shape index (κ2) is 3.01. The first-order valence-corrected chi connectivity index (χ1v) is 3.93. The number of rotatable bonds is 1. The molecule has 0 amide bonds. The van der Waals surface area contributed by atoms with Crippen LogP contribution in [0.2, 0.25) is 0 Å². The molecule has 0 aliphatic carbocycles. The van der Waals surface area contributed by atoms with Gasteiger partial charge in [0.15, 0.2) is 0 Å². The van der Waals surface area contributed by atoms with Gasteiger partial charge in [-0.15, -0.1) is 0 Å². The molecule has 1 aromatic heterocycles. The molecule has 1 heterocycles. The van der Waals surface area contributed by atoms with Crippen LogP contribution in [-0.2, 0) is 7.05 Å². The maximum absolute atomic E-state index is 13.3. The van der Waals surface area contributed by atoms with Gasteiger partial charge in [0.1, 0.15) is 5.82 Å². The molecule has 1 radical (unpaired) electrons. The Morgan fingerprint density at radius 1 is 1.46 bits per heavy atom. The molecular formula is C10H8FN2. The Labute approximate surface area is 75.6 Å². The number of aromatic nitrogens is 2. The Bertz CT molecular complexity index is 420. The SMILES string of the molecule is Cn1nccc1-c1cc[c]cc1F. The Hall–Kier alpha value is -1.64. The minimum absolute atomic E-state index is 0.272. The van der Waals surface area contributed by atoms with E-state index in [1.165, 1.54) is 6.07 Å². The number of nitrogens with zero attached hydrogens (tertiary/aromatic N) is 2. The molecule has 2 aromatic rings. The summed E-state index contributed by atoms with van der Waals surface area (Å²) < 4.78 is 14.9. The molecule has 0 aliphatic heterocycles. The molecule has 2 nitrogen and oxygen atoms in total. The van der Waals surface area contributed by atoms with Gasteiger partial charge in [-0.2, -0.15) is 5.10 Å². The van der Waals surface area contributed by atoms with Crippen LogP contribution in [0.25, 0.3) is 11.3 Å². The van der Waals surface area contributed by atoms with Crippen LogP contribution in [-0.4, -0.2) is 9.78 Å². The third kappa shape index (κ3) is 1.33. The van der Waals surface area contributed by atoms with Crippen molar-refractivity contribution in [2.75, 3.05) is 0 Å². The highest BCUT2D eigenvalue weighted by atomic mass is 19.1. The molecule has 2 rings (SSSR count). The molecule has 13 heavy (non-hydrogen) atoms. The standard InChI is InChI=1S/C10H8FN2/c1-13-10(6-7-12-13)8-4-2-3-5-9(8)11/h2,4-7H,1H3. The Kier molecular flexibility index (Phi) is 1.85. The van der Waals surface area contributed by atoms with Crippen molar-refractivity contribution in [3.63, 3.8) is 0 Å². The minimum Gasteiger partial charge on any atom is -0.268 e. The van der Waals surface area contributed by atoms with E-state index in [1.54, 1.807) is 36.1 Å². The highest BCUT2D eigenvalue weighted by Gasteiger charge is 2.06. The van der Waals surface area contributed by atoms with Gasteiger partial charge >= 0.3 is 0 Å². The fourth-order valence-corrected chi connectivity index (χ4v) is 1.26. The molecule has 0 unspecified atom stereocenters. The van der Waals surface area contributed by atoms with Crippen LogP contribution in [0.4, 0.5) is 4.39 Å². The van der Waals surface area contributed by atoms with Crippen molar-refractivity contribution in [2.45, 2.75) is 0 Å². The topological polar surface area (TPSA) is 17.8 Å². The maximum atomic E-state index is 13.3. The van der Waals surface area contributed by atoms with Crippen LogP contribution in [0.15, 0.2) is 30.5 Å². The van der Waals surface area contributed by atoms with Crippen LogP contribution in [0.5, 0.6) is 0 Å². The first kappa shape index (κ1) is 7.98. The molecule has 65 valence electrons. The van der Waals surface area contributed by atoms with Crippen LogP contribution < -0.4 is 0 Å². The van der Waals surface area contributed by atoms with Crippen LogP contribution >= 0.6 is 0 Å². The summed E-state index contributed by atoms with van der Waals surface area (Å²) in [5.41, 5.74) is 1.32. The Morgan fingerprint density at radius 2 is 2.31 bits per heavy atom. The molecule has 0 saturated heterocycles. The van der Waals surface area contributed by atoms with Gasteiger partial charge in [0.05, 0.1) is 5.69 Å². The quantitative estimate of drug-likeness (QED) is 0.648. The average Bonchev–Trinajstić information content (AvgIpc) is 2.52. The summed E-state index contributed by atoms with van der Waals surface area (Å²) in [5.74, 6) is -0.272. The normalized spacial score (nSPS) is 10.3. The summed E-state index contributed by atoms with van der Waals surface area (Å²) >= 11 is 0. The van der Waals surface area contributed by atoms with E-state index in [0.29, 0.717) is 5.56 Å². The fraction of sp³-hybridized carbons (Fsp3) is 0.100. The van der Waals surface area contributed by atoms with Gasteiger partial charge < -0.3 is 0 Å². The first-order valence-electron chi connectivity index (χ1n) is 3.93. The summed E-state index contributed by atoms with van der Waals surface area (Å²) in [6, 6.07) is 9.15. The minimum atomic E-state index is -0.272. The van der Waals surface area contributed by atoms with Gasteiger partial charge in [-0.25, -0.2) is 4.39 Å². The summed E-state index contributed by atoms with van der Waals surface area (Å²) in [6.45, 7) is 0. The molecule has 1 aromatic carbocycles. The molecule has 0 bridgehead atoms. The van der Waals surface area contributed by atoms with Gasteiger partial charge in [-0.1, -0.05) is 6.07 Å². The van der Waals surface area contributed by atoms with Gasteiger partial charge in [-0.05, 0) is 24.3 Å². The molecule has 0 N–H and O–H groups in total. The predicted octanol–water partition coefficient (Wildman–Crippen LogP) is 2.03. The van der Waals surface area contributed by atoms with Crippen molar-refractivity contribution < 1.29 is 4.39 Å². The van der Waals surface area contributed by atoms with Gasteiger partial charge in [0.2, 0.25) is 0 Å². The third-order valence-corrected chi connectivity index (χ3v) is 1.91. The highest BCUT2D eigenvalue weighted by Crippen LogP contribution is 2.20. The van der Waals surface area contributed by atoms with E-state index in [2.05, 4.69) is 11.2 Å². The van der Waals surface area contributed by atoms with Gasteiger partial charge in [-0.3, -0.25) is 4.68 Å². The van der Waals surface area contributed by atoms with Crippen molar-refractivity contribution in [3.8, 4) is 11.3 Å². The first-order chi connectivity index (χ1) is 6.29. The number of hydrogen-bond acceptors (Lipinski definition) is 1. The second-order valence-electron chi connectivity index (χ2n) is 2.75. The maximum Gasteiger partial charge on any atom is 0.133 e. The molecular weight excluding hydrogens is 167 g/mol. The van der Waals surface area contributed by atoms with Gasteiger partial charge in [0, 0.05) is 18.8 Å². The Morgan fingerprint density at radius 3 is 2.92 bits per heavy atom. The molecule has 3 heteroatoms. The zero-order valence-electron chi connectivity index (χ0n) is 7.16. The Balaban J connectivity index is 2.59. The van der Waals surface area contributed by atoms with Gasteiger partial charge in [0.25, 0.3) is 0 Å². The van der Waals surface area contributed by atoms with E-state index in [0.717, 1.165) is 5.69 Å². The summed E-state index contributed by atoms with van der Waals surface area (Å²) in [5, 5.41) is 3.97. The van der Waals surface area contributed by atoms with Crippen LogP contribution in [0.3, 0.4) is 0 Å². The van der Waals surface area contributed by atoms with E-state index in [1.807, 2.05) is 0 Å². The second-order valence-corrected chi connectivity index (χ2v) is 2.75. The van der Waals surface area contributed by atoms with Crippen molar-refractivity contribution in [1.82, 2.24) is 9.78 Å². The van der Waals surface area contributed by atoms with E-state index < -0.39 is 0 Å². The van der Waals surface area contributed by atoms with E-state index in [-0.39, 0.29) is 5.82 Å². The summed E-state index contributed by atoms with van der Waals surface area (Å²) in [4.78, 5) is 0. The summed E-state index contributed by atoms with van der Waals surface area (Å²) in [7, 11) is 1.78. The zero-order valence-corrected chi connectivity index (χ0v) is 7.16. The van der Waals surface area contributed by atoms with Crippen LogP contribution in [0, 0.1) is 11.9 Å². The lowest BCUT2D eigenvalue weighted by Crippen LogP contribution is -1.94. The average molecular weight is 175 g/mol. The smallest absolute Gasteiger partial charge is 0.133 e. The van der Waals surface area contributed by atoms with Crippen molar-refractivity contribution in [1.29, 1.82) is 0 Å². The predicted molar refractivity (Wildman–Crippen MR) is 47.4 cm³/mol. The van der Waals surface area contributed by atoms with Crippen LogP contribution in [0.1, 0.15) is 0 Å². The lowest BCUT2D eigenvalue weighted by molar-refractivity contribution is 0.628.